The van der Waals surface area contributed by atoms with Crippen LogP contribution >= 0.6 is 11.8 Å². The molecule has 0 saturated carbocycles. The van der Waals surface area contributed by atoms with Gasteiger partial charge in [0.25, 0.3) is 0 Å². The number of amides is 1. The van der Waals surface area contributed by atoms with Gasteiger partial charge in [-0.25, -0.2) is 0 Å². The number of thioether (sulfide) groups is 1. The molecule has 0 fully saturated rings. The average molecular weight is 466 g/mol. The van der Waals surface area contributed by atoms with Crippen molar-refractivity contribution < 1.29 is 4.79 Å². The van der Waals surface area contributed by atoms with Crippen molar-refractivity contribution in [2.45, 2.75) is 71.5 Å². The Hall–Kier alpha value is -2.67. The minimum Gasteiger partial charge on any atom is -0.355 e. The molecule has 176 valence electrons. The Labute approximate surface area is 201 Å². The van der Waals surface area contributed by atoms with Crippen LogP contribution in [0, 0.1) is 13.8 Å². The highest BCUT2D eigenvalue weighted by atomic mass is 32.2. The number of nitrogens with zero attached hydrogens (tertiary/aromatic N) is 4. The van der Waals surface area contributed by atoms with Crippen LogP contribution < -0.4 is 5.32 Å². The van der Waals surface area contributed by atoms with Crippen molar-refractivity contribution in [3.05, 3.63) is 58.9 Å². The summed E-state index contributed by atoms with van der Waals surface area (Å²) in [6.07, 6.45) is 5.29. The summed E-state index contributed by atoms with van der Waals surface area (Å²) < 4.78 is 2.08. The van der Waals surface area contributed by atoms with Crippen molar-refractivity contribution in [2.75, 3.05) is 12.3 Å². The number of rotatable bonds is 9. The highest BCUT2D eigenvalue weighted by Gasteiger charge is 2.17. The molecule has 0 spiro atoms. The molecule has 1 N–H and O–H groups in total. The molecule has 2 aromatic heterocycles. The predicted octanol–water partition coefficient (Wildman–Crippen LogP) is 5.12. The summed E-state index contributed by atoms with van der Waals surface area (Å²) in [6.45, 7) is 14.6. The van der Waals surface area contributed by atoms with Gasteiger partial charge in [0.1, 0.15) is 0 Å². The Morgan fingerprint density at radius 2 is 1.76 bits per heavy atom. The zero-order valence-electron chi connectivity index (χ0n) is 20.6. The summed E-state index contributed by atoms with van der Waals surface area (Å²) in [5.41, 5.74) is 6.37. The van der Waals surface area contributed by atoms with E-state index in [2.05, 4.69) is 78.7 Å². The average Bonchev–Trinajstić information content (AvgIpc) is 3.17. The molecule has 0 aliphatic rings. The highest BCUT2D eigenvalue weighted by Crippen LogP contribution is 2.27. The quantitative estimate of drug-likeness (QED) is 0.444. The predicted molar refractivity (Wildman–Crippen MR) is 136 cm³/mol. The number of carbonyl (C=O) groups is 1. The van der Waals surface area contributed by atoms with Gasteiger partial charge in [0.15, 0.2) is 11.0 Å². The molecule has 0 radical (unpaired) electrons. The van der Waals surface area contributed by atoms with Gasteiger partial charge in [0.2, 0.25) is 5.91 Å². The van der Waals surface area contributed by atoms with E-state index in [0.29, 0.717) is 12.3 Å². The van der Waals surface area contributed by atoms with Gasteiger partial charge in [-0.3, -0.25) is 9.78 Å². The number of aryl methyl sites for hydroxylation is 2. The summed E-state index contributed by atoms with van der Waals surface area (Å²) in [5.74, 6) is 1.14. The van der Waals surface area contributed by atoms with Crippen LogP contribution in [0.15, 0.2) is 41.8 Å². The van der Waals surface area contributed by atoms with Gasteiger partial charge >= 0.3 is 0 Å². The van der Waals surface area contributed by atoms with E-state index in [1.807, 2.05) is 12.1 Å². The Morgan fingerprint density at radius 1 is 1.09 bits per heavy atom. The summed E-state index contributed by atoms with van der Waals surface area (Å²) in [5, 5.41) is 12.5. The summed E-state index contributed by atoms with van der Waals surface area (Å²) in [6, 6.07) is 8.41. The van der Waals surface area contributed by atoms with Gasteiger partial charge < -0.3 is 9.88 Å². The molecule has 1 amide bonds. The van der Waals surface area contributed by atoms with E-state index in [4.69, 9.17) is 0 Å². The van der Waals surface area contributed by atoms with Crippen LogP contribution in [0.4, 0.5) is 0 Å². The molecule has 0 aliphatic carbocycles. The van der Waals surface area contributed by atoms with Crippen LogP contribution in [0.1, 0.15) is 56.4 Å². The van der Waals surface area contributed by atoms with E-state index < -0.39 is 0 Å². The molecule has 6 nitrogen and oxygen atoms in total. The fourth-order valence-electron chi connectivity index (χ4n) is 3.86. The number of hydrogen-bond acceptors (Lipinski definition) is 5. The lowest BCUT2D eigenvalue weighted by molar-refractivity contribution is -0.118. The molecule has 0 aliphatic heterocycles. The van der Waals surface area contributed by atoms with E-state index in [0.717, 1.165) is 35.9 Å². The maximum Gasteiger partial charge on any atom is 0.230 e. The Balaban J connectivity index is 1.57. The maximum atomic E-state index is 12.5. The van der Waals surface area contributed by atoms with Gasteiger partial charge in [0, 0.05) is 31.0 Å². The number of carbonyl (C=O) groups excluding carboxylic acids is 1. The van der Waals surface area contributed by atoms with Crippen LogP contribution in [-0.4, -0.2) is 38.0 Å². The van der Waals surface area contributed by atoms with E-state index in [1.54, 1.807) is 12.4 Å². The molecular weight excluding hydrogens is 430 g/mol. The Morgan fingerprint density at radius 3 is 2.36 bits per heavy atom. The zero-order valence-corrected chi connectivity index (χ0v) is 21.4. The van der Waals surface area contributed by atoms with Crippen LogP contribution in [0.3, 0.4) is 0 Å². The van der Waals surface area contributed by atoms with Gasteiger partial charge in [0.05, 0.1) is 5.75 Å². The van der Waals surface area contributed by atoms with Crippen LogP contribution in [0.2, 0.25) is 0 Å². The standard InChI is InChI=1S/C26H35N5OS/c1-7-14-31-24(20-8-11-27-12-9-20)29-30-25(31)33-17-23(32)28-13-10-22-18(2)15-21(16-19(22)3)26(4,5)6/h8-9,11-12,15-16H,7,10,13-14,17H2,1-6H3,(H,28,32). The van der Waals surface area contributed by atoms with Crippen molar-refractivity contribution in [2.24, 2.45) is 0 Å². The SMILES string of the molecule is CCCn1c(SCC(=O)NCCc2c(C)cc(C(C)(C)C)cc2C)nnc1-c1ccncc1. The number of aromatic nitrogens is 4. The number of benzene rings is 1. The molecule has 0 unspecified atom stereocenters. The lowest BCUT2D eigenvalue weighted by Crippen LogP contribution is -2.28. The first kappa shape index (κ1) is 25.0. The topological polar surface area (TPSA) is 72.7 Å². The first-order valence-corrected chi connectivity index (χ1v) is 12.5. The fourth-order valence-corrected chi connectivity index (χ4v) is 4.66. The summed E-state index contributed by atoms with van der Waals surface area (Å²) in [4.78, 5) is 16.6. The van der Waals surface area contributed by atoms with Gasteiger partial charge in [-0.1, -0.05) is 51.6 Å². The van der Waals surface area contributed by atoms with Gasteiger partial charge in [-0.05, 0) is 66.5 Å². The molecular formula is C26H35N5OS. The third-order valence-electron chi connectivity index (χ3n) is 5.69. The maximum absolute atomic E-state index is 12.5. The molecule has 3 rings (SSSR count). The second-order valence-corrected chi connectivity index (χ2v) is 10.4. The van der Waals surface area contributed by atoms with Crippen LogP contribution in [0.5, 0.6) is 0 Å². The van der Waals surface area contributed by atoms with Crippen LogP contribution in [-0.2, 0) is 23.2 Å². The van der Waals surface area contributed by atoms with Crippen molar-refractivity contribution in [3.63, 3.8) is 0 Å². The van der Waals surface area contributed by atoms with Crippen molar-refractivity contribution in [1.82, 2.24) is 25.1 Å². The Kier molecular flexibility index (Phi) is 8.30. The van der Waals surface area contributed by atoms with Crippen molar-refractivity contribution >= 4 is 17.7 Å². The number of pyridine rings is 1. The molecule has 1 aromatic carbocycles. The van der Waals surface area contributed by atoms with Gasteiger partial charge in [-0.15, -0.1) is 10.2 Å². The molecule has 33 heavy (non-hydrogen) atoms. The summed E-state index contributed by atoms with van der Waals surface area (Å²) >= 11 is 1.43. The molecule has 0 atom stereocenters. The second-order valence-electron chi connectivity index (χ2n) is 9.42. The van der Waals surface area contributed by atoms with E-state index >= 15 is 0 Å². The highest BCUT2D eigenvalue weighted by molar-refractivity contribution is 7.99. The minimum atomic E-state index is 0.0122. The molecule has 7 heteroatoms. The molecule has 0 bridgehead atoms. The minimum absolute atomic E-state index is 0.0122. The Bertz CT molecular complexity index is 1060. The van der Waals surface area contributed by atoms with Crippen LogP contribution in [0.25, 0.3) is 11.4 Å². The smallest absolute Gasteiger partial charge is 0.230 e. The van der Waals surface area contributed by atoms with E-state index in [1.165, 1.54) is 34.0 Å². The fraction of sp³-hybridized carbons (Fsp3) is 0.462. The largest absolute Gasteiger partial charge is 0.355 e. The zero-order chi connectivity index (χ0) is 24.0. The van der Waals surface area contributed by atoms with Gasteiger partial charge in [-0.2, -0.15) is 0 Å². The van der Waals surface area contributed by atoms with E-state index in [-0.39, 0.29) is 11.3 Å². The first-order chi connectivity index (χ1) is 15.7. The number of nitrogens with one attached hydrogen (secondary N) is 1. The first-order valence-electron chi connectivity index (χ1n) is 11.5. The van der Waals surface area contributed by atoms with Crippen molar-refractivity contribution in [3.8, 4) is 11.4 Å². The molecule has 2 heterocycles. The number of hydrogen-bond donors (Lipinski definition) is 1. The monoisotopic (exact) mass is 465 g/mol. The third-order valence-corrected chi connectivity index (χ3v) is 6.66. The van der Waals surface area contributed by atoms with Crippen molar-refractivity contribution in [1.29, 1.82) is 0 Å². The van der Waals surface area contributed by atoms with E-state index in [9.17, 15) is 4.79 Å². The normalized spacial score (nSPS) is 11.6. The molecule has 3 aromatic rings. The summed E-state index contributed by atoms with van der Waals surface area (Å²) in [7, 11) is 0. The second kappa shape index (κ2) is 11.0. The third kappa shape index (κ3) is 6.44. The molecule has 0 saturated heterocycles. The lowest BCUT2D eigenvalue weighted by atomic mass is 9.83. The lowest BCUT2D eigenvalue weighted by Gasteiger charge is -2.22.